The standard InChI is InChI=1S/C5H11N.C3H8.C2H6/c1-6-4-2-3-5-6;1-3-2;1-2/h2-5H2,1H3;3H2,1-2H3;1-2H3. The van der Waals surface area contributed by atoms with Crippen LogP contribution in [0.3, 0.4) is 0 Å². The highest BCUT2D eigenvalue weighted by molar-refractivity contribution is 4.59. The van der Waals surface area contributed by atoms with Gasteiger partial charge in [0.25, 0.3) is 0 Å². The molecule has 0 radical (unpaired) electrons. The minimum atomic E-state index is 1.25. The Balaban J connectivity index is 0. The van der Waals surface area contributed by atoms with Crippen LogP contribution in [0, 0.1) is 0 Å². The lowest BCUT2D eigenvalue weighted by Crippen LogP contribution is -2.10. The first-order chi connectivity index (χ1) is 5.31. The fourth-order valence-corrected chi connectivity index (χ4v) is 0.875. The minimum Gasteiger partial charge on any atom is -0.306 e. The van der Waals surface area contributed by atoms with Gasteiger partial charge in [-0.15, -0.1) is 0 Å². The van der Waals surface area contributed by atoms with E-state index in [2.05, 4.69) is 25.8 Å². The van der Waals surface area contributed by atoms with Gasteiger partial charge in [0.05, 0.1) is 0 Å². The molecular formula is C10H25N. The molecule has 0 atom stereocenters. The number of likely N-dealkylation sites (tertiary alicyclic amines) is 1. The maximum absolute atomic E-state index is 2.36. The van der Waals surface area contributed by atoms with Crippen molar-refractivity contribution in [3.63, 3.8) is 0 Å². The van der Waals surface area contributed by atoms with Crippen LogP contribution in [0.1, 0.15) is 47.0 Å². The van der Waals surface area contributed by atoms with Gasteiger partial charge < -0.3 is 4.90 Å². The molecule has 1 saturated heterocycles. The summed E-state index contributed by atoms with van der Waals surface area (Å²) >= 11 is 0. The van der Waals surface area contributed by atoms with Crippen LogP contribution >= 0.6 is 0 Å². The van der Waals surface area contributed by atoms with Gasteiger partial charge >= 0.3 is 0 Å². The summed E-state index contributed by atoms with van der Waals surface area (Å²) < 4.78 is 0. The second kappa shape index (κ2) is 12.6. The van der Waals surface area contributed by atoms with Gasteiger partial charge in [-0.05, 0) is 33.0 Å². The lowest BCUT2D eigenvalue weighted by atomic mass is 10.4. The monoisotopic (exact) mass is 159 g/mol. The zero-order valence-corrected chi connectivity index (χ0v) is 8.98. The van der Waals surface area contributed by atoms with Crippen LogP contribution in [0.2, 0.25) is 0 Å². The molecule has 70 valence electrons. The summed E-state index contributed by atoms with van der Waals surface area (Å²) in [6.07, 6.45) is 4.08. The van der Waals surface area contributed by atoms with E-state index >= 15 is 0 Å². The Bertz CT molecular complexity index is 46.8. The molecular weight excluding hydrogens is 134 g/mol. The van der Waals surface area contributed by atoms with E-state index in [0.717, 1.165) is 0 Å². The summed E-state index contributed by atoms with van der Waals surface area (Å²) in [6.45, 7) is 10.9. The Morgan fingerprint density at radius 1 is 1.00 bits per heavy atom. The first-order valence-corrected chi connectivity index (χ1v) is 4.99. The molecule has 0 aromatic rings. The second-order valence-corrected chi connectivity index (χ2v) is 2.72. The van der Waals surface area contributed by atoms with Crippen molar-refractivity contribution in [2.75, 3.05) is 20.1 Å². The van der Waals surface area contributed by atoms with Crippen molar-refractivity contribution in [1.29, 1.82) is 0 Å². The van der Waals surface area contributed by atoms with Crippen molar-refractivity contribution >= 4 is 0 Å². The van der Waals surface area contributed by atoms with Crippen molar-refractivity contribution in [2.45, 2.75) is 47.0 Å². The Morgan fingerprint density at radius 2 is 1.27 bits per heavy atom. The summed E-state index contributed by atoms with van der Waals surface area (Å²) in [6, 6.07) is 0. The zero-order chi connectivity index (χ0) is 9.11. The predicted octanol–water partition coefficient (Wildman–Crippen LogP) is 3.15. The summed E-state index contributed by atoms with van der Waals surface area (Å²) in [5.74, 6) is 0. The predicted molar refractivity (Wildman–Crippen MR) is 54.0 cm³/mol. The van der Waals surface area contributed by atoms with E-state index in [1.54, 1.807) is 0 Å². The van der Waals surface area contributed by atoms with Gasteiger partial charge in [0, 0.05) is 0 Å². The fourth-order valence-electron chi connectivity index (χ4n) is 0.875. The van der Waals surface area contributed by atoms with Gasteiger partial charge in [0.2, 0.25) is 0 Å². The van der Waals surface area contributed by atoms with Gasteiger partial charge in [-0.2, -0.15) is 0 Å². The lowest BCUT2D eigenvalue weighted by Gasteiger charge is -2.01. The molecule has 0 aromatic heterocycles. The van der Waals surface area contributed by atoms with Crippen molar-refractivity contribution in [1.82, 2.24) is 4.90 Å². The Kier molecular flexibility index (Phi) is 15.5. The molecule has 1 heterocycles. The molecule has 1 aliphatic rings. The maximum Gasteiger partial charge on any atom is -0.00213 e. The summed E-state index contributed by atoms with van der Waals surface area (Å²) in [5.41, 5.74) is 0. The number of nitrogens with zero attached hydrogens (tertiary/aromatic N) is 1. The molecule has 0 spiro atoms. The van der Waals surface area contributed by atoms with E-state index < -0.39 is 0 Å². The molecule has 0 bridgehead atoms. The summed E-state index contributed by atoms with van der Waals surface area (Å²) in [4.78, 5) is 2.36. The Hall–Kier alpha value is -0.0400. The van der Waals surface area contributed by atoms with E-state index in [1.165, 1.54) is 32.4 Å². The molecule has 11 heavy (non-hydrogen) atoms. The highest BCUT2D eigenvalue weighted by Gasteiger charge is 2.03. The summed E-state index contributed by atoms with van der Waals surface area (Å²) in [5, 5.41) is 0. The number of hydrogen-bond donors (Lipinski definition) is 0. The molecule has 1 fully saturated rings. The smallest absolute Gasteiger partial charge is 0.00213 e. The molecule has 1 heteroatoms. The average Bonchev–Trinajstić information content (AvgIpc) is 2.46. The van der Waals surface area contributed by atoms with Gasteiger partial charge in [-0.25, -0.2) is 0 Å². The molecule has 0 unspecified atom stereocenters. The first kappa shape index (κ1) is 13.5. The van der Waals surface area contributed by atoms with Gasteiger partial charge in [0.1, 0.15) is 0 Å². The Labute approximate surface area is 72.8 Å². The largest absolute Gasteiger partial charge is 0.306 e. The SMILES string of the molecule is CC.CCC.CN1CCCC1. The van der Waals surface area contributed by atoms with Crippen LogP contribution in [-0.4, -0.2) is 25.0 Å². The lowest BCUT2D eigenvalue weighted by molar-refractivity contribution is 0.418. The van der Waals surface area contributed by atoms with Gasteiger partial charge in [-0.1, -0.05) is 34.1 Å². The van der Waals surface area contributed by atoms with Crippen molar-refractivity contribution < 1.29 is 0 Å². The van der Waals surface area contributed by atoms with Crippen molar-refractivity contribution in [3.05, 3.63) is 0 Å². The van der Waals surface area contributed by atoms with E-state index in [1.807, 2.05) is 13.8 Å². The molecule has 1 nitrogen and oxygen atoms in total. The third-order valence-electron chi connectivity index (χ3n) is 1.33. The van der Waals surface area contributed by atoms with E-state index in [9.17, 15) is 0 Å². The number of rotatable bonds is 0. The minimum absolute atomic E-state index is 1.25. The first-order valence-electron chi connectivity index (χ1n) is 4.99. The van der Waals surface area contributed by atoms with Crippen LogP contribution < -0.4 is 0 Å². The van der Waals surface area contributed by atoms with Gasteiger partial charge in [-0.3, -0.25) is 0 Å². The van der Waals surface area contributed by atoms with Crippen LogP contribution in [0.25, 0.3) is 0 Å². The molecule has 0 saturated carbocycles. The van der Waals surface area contributed by atoms with E-state index in [4.69, 9.17) is 0 Å². The summed E-state index contributed by atoms with van der Waals surface area (Å²) in [7, 11) is 2.17. The highest BCUT2D eigenvalue weighted by atomic mass is 15.1. The van der Waals surface area contributed by atoms with Crippen LogP contribution in [-0.2, 0) is 0 Å². The van der Waals surface area contributed by atoms with Crippen LogP contribution in [0.5, 0.6) is 0 Å². The quantitative estimate of drug-likeness (QED) is 0.525. The third kappa shape index (κ3) is 13.0. The molecule has 0 aromatic carbocycles. The van der Waals surface area contributed by atoms with Crippen LogP contribution in [0.4, 0.5) is 0 Å². The average molecular weight is 159 g/mol. The number of hydrogen-bond acceptors (Lipinski definition) is 1. The zero-order valence-electron chi connectivity index (χ0n) is 8.98. The van der Waals surface area contributed by atoms with E-state index in [0.29, 0.717) is 0 Å². The molecule has 1 aliphatic heterocycles. The third-order valence-corrected chi connectivity index (χ3v) is 1.33. The fraction of sp³-hybridized carbons (Fsp3) is 1.00. The Morgan fingerprint density at radius 3 is 1.36 bits per heavy atom. The highest BCUT2D eigenvalue weighted by Crippen LogP contribution is 2.01. The van der Waals surface area contributed by atoms with Crippen molar-refractivity contribution in [3.8, 4) is 0 Å². The molecule has 0 aliphatic carbocycles. The second-order valence-electron chi connectivity index (χ2n) is 2.72. The molecule has 0 N–H and O–H groups in total. The maximum atomic E-state index is 2.36. The van der Waals surface area contributed by atoms with Gasteiger partial charge in [0.15, 0.2) is 0 Å². The van der Waals surface area contributed by atoms with Crippen LogP contribution in [0.15, 0.2) is 0 Å². The van der Waals surface area contributed by atoms with E-state index in [-0.39, 0.29) is 0 Å². The topological polar surface area (TPSA) is 3.24 Å². The molecule has 1 rings (SSSR count). The molecule has 0 amide bonds. The normalized spacial score (nSPS) is 16.1. The van der Waals surface area contributed by atoms with Crippen molar-refractivity contribution in [2.24, 2.45) is 0 Å².